The number of nitrogens with zero attached hydrogens (tertiary/aromatic N) is 5. The van der Waals surface area contributed by atoms with Crippen LogP contribution in [-0.2, 0) is 18.0 Å². The van der Waals surface area contributed by atoms with Crippen LogP contribution in [0.1, 0.15) is 43.1 Å². The van der Waals surface area contributed by atoms with E-state index in [1.165, 1.54) is 12.8 Å². The van der Waals surface area contributed by atoms with Crippen molar-refractivity contribution >= 4 is 23.9 Å². The number of likely N-dealkylation sites (tertiary alicyclic amines) is 1. The van der Waals surface area contributed by atoms with Gasteiger partial charge < -0.3 is 5.32 Å². The lowest BCUT2D eigenvalue weighted by molar-refractivity contribution is -0.121. The molecule has 2 fully saturated rings. The van der Waals surface area contributed by atoms with E-state index < -0.39 is 0 Å². The van der Waals surface area contributed by atoms with Gasteiger partial charge in [0, 0.05) is 24.7 Å². The van der Waals surface area contributed by atoms with Gasteiger partial charge in [-0.3, -0.25) is 14.3 Å². The van der Waals surface area contributed by atoms with E-state index in [0.717, 1.165) is 35.7 Å². The van der Waals surface area contributed by atoms with Crippen molar-refractivity contribution in [3.63, 3.8) is 0 Å². The molecule has 2 aromatic rings. The van der Waals surface area contributed by atoms with Crippen molar-refractivity contribution in [2.24, 2.45) is 5.92 Å². The number of carbonyl (C=O) groups is 1. The van der Waals surface area contributed by atoms with E-state index in [0.29, 0.717) is 31.5 Å². The fourth-order valence-electron chi connectivity index (χ4n) is 3.92. The van der Waals surface area contributed by atoms with Gasteiger partial charge in [0.15, 0.2) is 4.77 Å². The molecule has 154 valence electrons. The maximum atomic E-state index is 12.7. The molecule has 1 N–H and O–H groups in total. The molecule has 4 rings (SSSR count). The summed E-state index contributed by atoms with van der Waals surface area (Å²) in [5.74, 6) is 2.20. The smallest absolute Gasteiger partial charge is 0.229 e. The molecule has 1 unspecified atom stereocenters. The lowest BCUT2D eigenvalue weighted by Crippen LogP contribution is -2.41. The van der Waals surface area contributed by atoms with E-state index in [9.17, 15) is 4.79 Å². The zero-order chi connectivity index (χ0) is 20.4. The average molecular weight is 413 g/mol. The second-order valence-corrected chi connectivity index (χ2v) is 8.39. The Labute approximate surface area is 176 Å². The van der Waals surface area contributed by atoms with Crippen molar-refractivity contribution in [3.05, 3.63) is 47.1 Å². The average Bonchev–Trinajstić information content (AvgIpc) is 3.50. The molecule has 2 aromatic heterocycles. The standard InChI is InChI=1S/C21H28N6OS/c1-3-11-26-19(16-9-10-16)24-27(21(26)29)14-25-12-5-7-17(13-25)20(28)23-18-8-4-6-15(2)22-18/h3-4,6,8,16-17H,1,5,7,9-14H2,2H3,(H,22,23,28). The number of aryl methyl sites for hydroxylation is 1. The fourth-order valence-corrected chi connectivity index (χ4v) is 4.19. The first-order valence-electron chi connectivity index (χ1n) is 10.3. The molecule has 1 saturated carbocycles. The number of hydrogen-bond donors (Lipinski definition) is 1. The van der Waals surface area contributed by atoms with Gasteiger partial charge in [-0.15, -0.1) is 6.58 Å². The Balaban J connectivity index is 1.42. The summed E-state index contributed by atoms with van der Waals surface area (Å²) >= 11 is 5.68. The molecule has 29 heavy (non-hydrogen) atoms. The molecule has 8 heteroatoms. The Morgan fingerprint density at radius 2 is 2.21 bits per heavy atom. The second kappa shape index (κ2) is 8.59. The summed E-state index contributed by atoms with van der Waals surface area (Å²) in [4.78, 5) is 19.4. The molecule has 0 spiro atoms. The SMILES string of the molecule is C=CCn1c(C2CC2)nn(CN2CCCC(C(=O)Nc3cccc(C)n3)C2)c1=S. The van der Waals surface area contributed by atoms with Crippen LogP contribution in [0.25, 0.3) is 0 Å². The summed E-state index contributed by atoms with van der Waals surface area (Å²) in [5, 5.41) is 7.77. The molecule has 1 aliphatic carbocycles. The van der Waals surface area contributed by atoms with Crippen molar-refractivity contribution in [2.45, 2.75) is 51.7 Å². The van der Waals surface area contributed by atoms with E-state index >= 15 is 0 Å². The number of aromatic nitrogens is 4. The van der Waals surface area contributed by atoms with Crippen molar-refractivity contribution < 1.29 is 4.79 Å². The third-order valence-electron chi connectivity index (χ3n) is 5.56. The number of carbonyl (C=O) groups excluding carboxylic acids is 1. The van der Waals surface area contributed by atoms with Crippen LogP contribution >= 0.6 is 12.2 Å². The van der Waals surface area contributed by atoms with Crippen molar-refractivity contribution in [2.75, 3.05) is 18.4 Å². The number of anilines is 1. The molecule has 0 bridgehead atoms. The second-order valence-electron chi connectivity index (χ2n) is 8.02. The lowest BCUT2D eigenvalue weighted by atomic mass is 9.97. The van der Waals surface area contributed by atoms with Gasteiger partial charge in [-0.25, -0.2) is 9.67 Å². The minimum atomic E-state index is -0.0570. The van der Waals surface area contributed by atoms with E-state index in [2.05, 4.69) is 26.3 Å². The molecule has 1 saturated heterocycles. The van der Waals surface area contributed by atoms with Crippen LogP contribution in [0.5, 0.6) is 0 Å². The predicted octanol–water partition coefficient (Wildman–Crippen LogP) is 3.49. The fraction of sp³-hybridized carbons (Fsp3) is 0.524. The zero-order valence-corrected chi connectivity index (χ0v) is 17.7. The molecular weight excluding hydrogens is 384 g/mol. The van der Waals surface area contributed by atoms with Gasteiger partial charge in [0.1, 0.15) is 11.6 Å². The first-order chi connectivity index (χ1) is 14.0. The van der Waals surface area contributed by atoms with Gasteiger partial charge >= 0.3 is 0 Å². The Hall–Kier alpha value is -2.32. The number of allylic oxidation sites excluding steroid dienone is 1. The monoisotopic (exact) mass is 412 g/mol. The molecule has 1 amide bonds. The molecule has 2 aliphatic rings. The summed E-state index contributed by atoms with van der Waals surface area (Å²) in [6, 6.07) is 5.66. The Morgan fingerprint density at radius 3 is 2.93 bits per heavy atom. The molecular formula is C21H28N6OS. The summed E-state index contributed by atoms with van der Waals surface area (Å²) in [6.45, 7) is 8.73. The van der Waals surface area contributed by atoms with Crippen LogP contribution in [0.2, 0.25) is 0 Å². The van der Waals surface area contributed by atoms with Crippen LogP contribution in [0.4, 0.5) is 5.82 Å². The number of rotatable bonds is 7. The van der Waals surface area contributed by atoms with Crippen molar-refractivity contribution in [3.8, 4) is 0 Å². The highest BCUT2D eigenvalue weighted by atomic mass is 32.1. The van der Waals surface area contributed by atoms with Gasteiger partial charge in [-0.1, -0.05) is 12.1 Å². The molecule has 0 aromatic carbocycles. The first-order valence-corrected chi connectivity index (χ1v) is 10.7. The van der Waals surface area contributed by atoms with Crippen molar-refractivity contribution in [1.29, 1.82) is 0 Å². The van der Waals surface area contributed by atoms with Crippen molar-refractivity contribution in [1.82, 2.24) is 24.2 Å². The van der Waals surface area contributed by atoms with Gasteiger partial charge in [0.2, 0.25) is 5.91 Å². The van der Waals surface area contributed by atoms with Gasteiger partial charge in [0.25, 0.3) is 0 Å². The minimum absolute atomic E-state index is 0.0345. The first kappa shape index (κ1) is 20.0. The highest BCUT2D eigenvalue weighted by Gasteiger charge is 2.31. The van der Waals surface area contributed by atoms with Crippen LogP contribution in [0.15, 0.2) is 30.9 Å². The number of hydrogen-bond acceptors (Lipinski definition) is 5. The summed E-state index contributed by atoms with van der Waals surface area (Å²) in [6.07, 6.45) is 6.10. The number of pyridine rings is 1. The predicted molar refractivity (Wildman–Crippen MR) is 115 cm³/mol. The van der Waals surface area contributed by atoms with Gasteiger partial charge in [-0.2, -0.15) is 5.10 Å². The molecule has 7 nitrogen and oxygen atoms in total. The lowest BCUT2D eigenvalue weighted by Gasteiger charge is -2.31. The van der Waals surface area contributed by atoms with E-state index in [4.69, 9.17) is 17.3 Å². The number of amides is 1. The van der Waals surface area contributed by atoms with E-state index in [-0.39, 0.29) is 11.8 Å². The van der Waals surface area contributed by atoms with Crippen LogP contribution in [0, 0.1) is 17.6 Å². The highest BCUT2D eigenvalue weighted by Crippen LogP contribution is 2.39. The normalized spacial score (nSPS) is 19.8. The highest BCUT2D eigenvalue weighted by molar-refractivity contribution is 7.71. The minimum Gasteiger partial charge on any atom is -0.310 e. The Kier molecular flexibility index (Phi) is 5.91. The van der Waals surface area contributed by atoms with Crippen LogP contribution in [0.3, 0.4) is 0 Å². The van der Waals surface area contributed by atoms with Crippen LogP contribution in [-0.4, -0.2) is 43.2 Å². The molecule has 1 atom stereocenters. The number of piperidine rings is 1. The van der Waals surface area contributed by atoms with Gasteiger partial charge in [-0.05, 0) is 63.5 Å². The number of nitrogens with one attached hydrogen (secondary N) is 1. The maximum Gasteiger partial charge on any atom is 0.229 e. The summed E-state index contributed by atoms with van der Waals surface area (Å²) in [5.41, 5.74) is 0.893. The molecule has 0 radical (unpaired) electrons. The van der Waals surface area contributed by atoms with E-state index in [1.807, 2.05) is 35.9 Å². The Bertz CT molecular complexity index is 960. The third-order valence-corrected chi connectivity index (χ3v) is 5.99. The quantitative estimate of drug-likeness (QED) is 0.557. The summed E-state index contributed by atoms with van der Waals surface area (Å²) < 4.78 is 4.74. The maximum absolute atomic E-state index is 12.7. The Morgan fingerprint density at radius 1 is 1.38 bits per heavy atom. The largest absolute Gasteiger partial charge is 0.310 e. The summed E-state index contributed by atoms with van der Waals surface area (Å²) in [7, 11) is 0. The van der Waals surface area contributed by atoms with E-state index in [1.54, 1.807) is 0 Å². The molecule has 1 aliphatic heterocycles. The zero-order valence-electron chi connectivity index (χ0n) is 16.9. The van der Waals surface area contributed by atoms with Gasteiger partial charge in [0.05, 0.1) is 12.6 Å². The topological polar surface area (TPSA) is 68.0 Å². The third kappa shape index (κ3) is 4.64. The molecule has 3 heterocycles. The van der Waals surface area contributed by atoms with Crippen LogP contribution < -0.4 is 5.32 Å².